The molecule has 4 heterocycles. The van der Waals surface area contributed by atoms with Crippen LogP contribution in [0.25, 0.3) is 27.3 Å². The summed E-state index contributed by atoms with van der Waals surface area (Å²) in [6.07, 6.45) is 7.61. The molecular weight excluding hydrogens is 210 g/mol. The van der Waals surface area contributed by atoms with E-state index in [0.717, 1.165) is 21.9 Å². The van der Waals surface area contributed by atoms with Crippen molar-refractivity contribution in [3.8, 4) is 0 Å². The van der Waals surface area contributed by atoms with Crippen LogP contribution in [-0.2, 0) is 0 Å². The summed E-state index contributed by atoms with van der Waals surface area (Å²) in [7, 11) is 0. The lowest BCUT2D eigenvalue weighted by molar-refractivity contribution is 1.21. The van der Waals surface area contributed by atoms with Crippen molar-refractivity contribution < 1.29 is 0 Å². The lowest BCUT2D eigenvalue weighted by atomic mass is 10.1. The lowest BCUT2D eigenvalue weighted by Gasteiger charge is -2.06. The Hall–Kier alpha value is -2.42. The maximum Gasteiger partial charge on any atom is 0.144 e. The zero-order chi connectivity index (χ0) is 11.2. The molecule has 3 nitrogen and oxygen atoms in total. The Morgan fingerprint density at radius 3 is 2.88 bits per heavy atom. The van der Waals surface area contributed by atoms with E-state index in [1.807, 2.05) is 43.0 Å². The number of aromatic nitrogens is 3. The SMILES string of the molecule is c1cnc2c(c1)c1ccncc1c1cccn12. The molecule has 4 aromatic rings. The summed E-state index contributed by atoms with van der Waals surface area (Å²) in [4.78, 5) is 8.69. The number of pyridine rings is 3. The molecule has 0 aliphatic heterocycles. The van der Waals surface area contributed by atoms with Crippen LogP contribution in [0.2, 0.25) is 0 Å². The number of hydrogen-bond acceptors (Lipinski definition) is 2. The van der Waals surface area contributed by atoms with Gasteiger partial charge in [-0.05, 0) is 35.7 Å². The molecule has 4 rings (SSSR count). The Bertz CT molecular complexity index is 776. The molecule has 0 bridgehead atoms. The second-order valence-electron chi connectivity index (χ2n) is 4.06. The first-order chi connectivity index (χ1) is 8.45. The zero-order valence-electron chi connectivity index (χ0n) is 9.04. The Balaban J connectivity index is 2.48. The first-order valence-electron chi connectivity index (χ1n) is 5.52. The number of fused-ring (bicyclic) bond motifs is 6. The van der Waals surface area contributed by atoms with Crippen molar-refractivity contribution in [1.82, 2.24) is 14.4 Å². The average molecular weight is 219 g/mol. The van der Waals surface area contributed by atoms with Crippen molar-refractivity contribution in [2.75, 3.05) is 0 Å². The minimum absolute atomic E-state index is 0.992. The van der Waals surface area contributed by atoms with E-state index in [2.05, 4.69) is 26.5 Å². The molecule has 0 aliphatic carbocycles. The third-order valence-electron chi connectivity index (χ3n) is 3.15. The van der Waals surface area contributed by atoms with Crippen LogP contribution < -0.4 is 0 Å². The standard InChI is InChI=1S/C14H9N3/c1-3-11-10-5-7-15-9-12(10)13-4-2-8-17(13)14(11)16-6-1/h1-9H. The van der Waals surface area contributed by atoms with Crippen molar-refractivity contribution in [2.24, 2.45) is 0 Å². The monoisotopic (exact) mass is 219 g/mol. The smallest absolute Gasteiger partial charge is 0.144 e. The molecule has 0 fully saturated rings. The molecule has 0 saturated heterocycles. The molecule has 0 aliphatic rings. The van der Waals surface area contributed by atoms with Crippen molar-refractivity contribution in [3.63, 3.8) is 0 Å². The second kappa shape index (κ2) is 3.04. The van der Waals surface area contributed by atoms with Gasteiger partial charge in [-0.3, -0.25) is 4.98 Å². The molecule has 0 N–H and O–H groups in total. The summed E-state index contributed by atoms with van der Waals surface area (Å²) in [5, 5.41) is 3.53. The number of hydrogen-bond donors (Lipinski definition) is 0. The predicted molar refractivity (Wildman–Crippen MR) is 68.0 cm³/mol. The van der Waals surface area contributed by atoms with Crippen LogP contribution in [0.4, 0.5) is 0 Å². The van der Waals surface area contributed by atoms with Crippen LogP contribution in [0, 0.1) is 0 Å². The van der Waals surface area contributed by atoms with Crippen molar-refractivity contribution in [3.05, 3.63) is 55.1 Å². The highest BCUT2D eigenvalue weighted by Crippen LogP contribution is 2.27. The van der Waals surface area contributed by atoms with Crippen LogP contribution in [0.3, 0.4) is 0 Å². The van der Waals surface area contributed by atoms with Crippen LogP contribution >= 0.6 is 0 Å². The van der Waals surface area contributed by atoms with Crippen LogP contribution in [0.15, 0.2) is 55.1 Å². The maximum absolute atomic E-state index is 4.47. The molecule has 0 aromatic carbocycles. The van der Waals surface area contributed by atoms with Gasteiger partial charge in [-0.25, -0.2) is 4.98 Å². The number of nitrogens with zero attached hydrogens (tertiary/aromatic N) is 3. The Kier molecular flexibility index (Phi) is 1.56. The molecular formula is C14H9N3. The summed E-state index contributed by atoms with van der Waals surface area (Å²) in [6, 6.07) is 10.3. The van der Waals surface area contributed by atoms with Crippen molar-refractivity contribution >= 4 is 27.3 Å². The third kappa shape index (κ3) is 1.05. The minimum atomic E-state index is 0.992. The van der Waals surface area contributed by atoms with Gasteiger partial charge in [0.05, 0.1) is 5.52 Å². The van der Waals surface area contributed by atoms with Crippen molar-refractivity contribution in [2.45, 2.75) is 0 Å². The lowest BCUT2D eigenvalue weighted by Crippen LogP contribution is -1.91. The summed E-state index contributed by atoms with van der Waals surface area (Å²) >= 11 is 0. The van der Waals surface area contributed by atoms with E-state index in [-0.39, 0.29) is 0 Å². The van der Waals surface area contributed by atoms with Gasteiger partial charge >= 0.3 is 0 Å². The highest BCUT2D eigenvalue weighted by atomic mass is 15.0. The molecule has 4 aromatic heterocycles. The molecule has 0 spiro atoms. The molecule has 0 atom stereocenters. The molecule has 0 unspecified atom stereocenters. The highest BCUT2D eigenvalue weighted by molar-refractivity contribution is 6.11. The molecule has 17 heavy (non-hydrogen) atoms. The van der Waals surface area contributed by atoms with Crippen molar-refractivity contribution in [1.29, 1.82) is 0 Å². The number of rotatable bonds is 0. The quantitative estimate of drug-likeness (QED) is 0.425. The first-order valence-corrected chi connectivity index (χ1v) is 5.52. The van der Waals surface area contributed by atoms with Gasteiger partial charge in [0.1, 0.15) is 5.65 Å². The van der Waals surface area contributed by atoms with Gasteiger partial charge in [-0.15, -0.1) is 0 Å². The topological polar surface area (TPSA) is 30.2 Å². The van der Waals surface area contributed by atoms with Gasteiger partial charge in [-0.1, -0.05) is 0 Å². The van der Waals surface area contributed by atoms with E-state index in [0.29, 0.717) is 0 Å². The Labute approximate surface area is 97.4 Å². The Morgan fingerprint density at radius 2 is 1.88 bits per heavy atom. The van der Waals surface area contributed by atoms with E-state index >= 15 is 0 Å². The molecule has 0 radical (unpaired) electrons. The fourth-order valence-electron chi connectivity index (χ4n) is 2.42. The minimum Gasteiger partial charge on any atom is -0.301 e. The highest BCUT2D eigenvalue weighted by Gasteiger charge is 2.07. The maximum atomic E-state index is 4.47. The van der Waals surface area contributed by atoms with E-state index in [4.69, 9.17) is 0 Å². The van der Waals surface area contributed by atoms with Gasteiger partial charge in [0.2, 0.25) is 0 Å². The normalized spacial score (nSPS) is 11.5. The summed E-state index contributed by atoms with van der Waals surface area (Å²) in [6.45, 7) is 0. The predicted octanol–water partition coefficient (Wildman–Crippen LogP) is 3.04. The summed E-state index contributed by atoms with van der Waals surface area (Å²) in [5.74, 6) is 0. The molecule has 80 valence electrons. The zero-order valence-corrected chi connectivity index (χ0v) is 9.04. The van der Waals surface area contributed by atoms with Gasteiger partial charge < -0.3 is 4.40 Å². The molecule has 0 amide bonds. The Morgan fingerprint density at radius 1 is 0.882 bits per heavy atom. The summed E-state index contributed by atoms with van der Waals surface area (Å²) in [5.41, 5.74) is 2.14. The van der Waals surface area contributed by atoms with E-state index in [1.165, 1.54) is 5.39 Å². The van der Waals surface area contributed by atoms with Crippen LogP contribution in [0.5, 0.6) is 0 Å². The van der Waals surface area contributed by atoms with E-state index in [9.17, 15) is 0 Å². The average Bonchev–Trinajstić information content (AvgIpc) is 2.89. The second-order valence-corrected chi connectivity index (χ2v) is 4.06. The van der Waals surface area contributed by atoms with Gasteiger partial charge in [0, 0.05) is 35.6 Å². The van der Waals surface area contributed by atoms with Gasteiger partial charge in [0.15, 0.2) is 0 Å². The van der Waals surface area contributed by atoms with Gasteiger partial charge in [0.25, 0.3) is 0 Å². The van der Waals surface area contributed by atoms with Crippen LogP contribution in [0.1, 0.15) is 0 Å². The fraction of sp³-hybridized carbons (Fsp3) is 0. The van der Waals surface area contributed by atoms with Crippen LogP contribution in [-0.4, -0.2) is 14.4 Å². The van der Waals surface area contributed by atoms with E-state index in [1.54, 1.807) is 0 Å². The molecule has 0 saturated carbocycles. The molecule has 3 heteroatoms. The third-order valence-corrected chi connectivity index (χ3v) is 3.15. The summed E-state index contributed by atoms with van der Waals surface area (Å²) < 4.78 is 2.11. The largest absolute Gasteiger partial charge is 0.301 e. The van der Waals surface area contributed by atoms with Gasteiger partial charge in [-0.2, -0.15) is 0 Å². The first kappa shape index (κ1) is 8.70. The van der Waals surface area contributed by atoms with E-state index < -0.39 is 0 Å². The fourth-order valence-corrected chi connectivity index (χ4v) is 2.42.